The lowest BCUT2D eigenvalue weighted by Crippen LogP contribution is -2.20. The van der Waals surface area contributed by atoms with Crippen molar-refractivity contribution in [2.75, 3.05) is 18.6 Å². The van der Waals surface area contributed by atoms with Gasteiger partial charge in [-0.25, -0.2) is 8.42 Å². The van der Waals surface area contributed by atoms with Gasteiger partial charge in [0.25, 0.3) is 11.8 Å². The Morgan fingerprint density at radius 1 is 0.958 bits per heavy atom. The van der Waals surface area contributed by atoms with Crippen LogP contribution in [0, 0.1) is 6.92 Å². The Hall–Kier alpha value is -2.67. The van der Waals surface area contributed by atoms with Gasteiger partial charge in [0.05, 0.1) is 4.90 Å². The molecule has 0 heterocycles. The predicted octanol–water partition coefficient (Wildman–Crippen LogP) is 2.01. The molecule has 7 heteroatoms. The molecular weight excluding hydrogens is 328 g/mol. The van der Waals surface area contributed by atoms with Crippen molar-refractivity contribution in [3.63, 3.8) is 0 Å². The summed E-state index contributed by atoms with van der Waals surface area (Å²) in [6.45, 7) is 1.74. The molecule has 2 amide bonds. The third-order valence-electron chi connectivity index (χ3n) is 3.60. The van der Waals surface area contributed by atoms with Gasteiger partial charge in [0.15, 0.2) is 9.84 Å². The van der Waals surface area contributed by atoms with Gasteiger partial charge in [-0.1, -0.05) is 6.07 Å². The fourth-order valence-corrected chi connectivity index (χ4v) is 2.83. The van der Waals surface area contributed by atoms with Gasteiger partial charge in [0, 0.05) is 30.1 Å². The van der Waals surface area contributed by atoms with E-state index in [4.69, 9.17) is 0 Å². The molecule has 0 unspecified atom stereocenters. The highest BCUT2D eigenvalue weighted by molar-refractivity contribution is 7.90. The summed E-state index contributed by atoms with van der Waals surface area (Å²) in [7, 11) is -1.77. The van der Waals surface area contributed by atoms with E-state index >= 15 is 0 Å². The molecule has 0 aromatic heterocycles. The topological polar surface area (TPSA) is 92.3 Å². The Kier molecular flexibility index (Phi) is 5.04. The van der Waals surface area contributed by atoms with Crippen LogP contribution in [-0.2, 0) is 9.84 Å². The van der Waals surface area contributed by atoms with Crippen molar-refractivity contribution in [1.82, 2.24) is 5.32 Å². The second-order valence-electron chi connectivity index (χ2n) is 5.31. The normalized spacial score (nSPS) is 11.0. The SMILES string of the molecule is CNC(=O)c1cccc(NC(=O)c2ccc(S(C)(=O)=O)cc2)c1C. The average Bonchev–Trinajstić information content (AvgIpc) is 2.55. The van der Waals surface area contributed by atoms with Crippen molar-refractivity contribution >= 4 is 27.3 Å². The molecule has 2 aromatic rings. The van der Waals surface area contributed by atoms with Gasteiger partial charge in [0.1, 0.15) is 0 Å². The van der Waals surface area contributed by atoms with Crippen LogP contribution in [0.5, 0.6) is 0 Å². The number of carbonyl (C=O) groups excluding carboxylic acids is 2. The van der Waals surface area contributed by atoms with Gasteiger partial charge >= 0.3 is 0 Å². The standard InChI is InChI=1S/C17H18N2O4S/c1-11-14(17(21)18-2)5-4-6-15(11)19-16(20)12-7-9-13(10-8-12)24(3,22)23/h4-10H,1-3H3,(H,18,21)(H,19,20). The highest BCUT2D eigenvalue weighted by Gasteiger charge is 2.14. The number of anilines is 1. The minimum absolute atomic E-state index is 0.150. The van der Waals surface area contributed by atoms with E-state index in [9.17, 15) is 18.0 Å². The first kappa shape index (κ1) is 17.7. The van der Waals surface area contributed by atoms with Crippen LogP contribution in [0.25, 0.3) is 0 Å². The van der Waals surface area contributed by atoms with E-state index in [1.54, 1.807) is 25.1 Å². The zero-order valence-corrected chi connectivity index (χ0v) is 14.4. The lowest BCUT2D eigenvalue weighted by molar-refractivity contribution is 0.0960. The summed E-state index contributed by atoms with van der Waals surface area (Å²) in [5, 5.41) is 5.28. The molecule has 0 bridgehead atoms. The molecule has 2 aromatic carbocycles. The first-order valence-electron chi connectivity index (χ1n) is 7.17. The first-order chi connectivity index (χ1) is 11.2. The molecule has 0 radical (unpaired) electrons. The number of sulfone groups is 1. The van der Waals surface area contributed by atoms with Gasteiger partial charge in [0.2, 0.25) is 0 Å². The van der Waals surface area contributed by atoms with Gasteiger partial charge in [-0.2, -0.15) is 0 Å². The molecule has 0 saturated heterocycles. The molecule has 0 atom stereocenters. The van der Waals surface area contributed by atoms with Crippen molar-refractivity contribution < 1.29 is 18.0 Å². The monoisotopic (exact) mass is 346 g/mol. The largest absolute Gasteiger partial charge is 0.355 e. The number of amides is 2. The molecule has 0 fully saturated rings. The van der Waals surface area contributed by atoms with Gasteiger partial charge in [-0.05, 0) is 48.9 Å². The number of carbonyl (C=O) groups is 2. The fourth-order valence-electron chi connectivity index (χ4n) is 2.20. The summed E-state index contributed by atoms with van der Waals surface area (Å²) in [4.78, 5) is 24.3. The fraction of sp³-hybridized carbons (Fsp3) is 0.176. The van der Waals surface area contributed by atoms with E-state index in [1.807, 2.05) is 0 Å². The van der Waals surface area contributed by atoms with Crippen molar-refractivity contribution in [2.45, 2.75) is 11.8 Å². The second kappa shape index (κ2) is 6.84. The summed E-state index contributed by atoms with van der Waals surface area (Å²) in [5.41, 5.74) is 1.97. The summed E-state index contributed by atoms with van der Waals surface area (Å²) < 4.78 is 22.9. The van der Waals surface area contributed by atoms with Crippen molar-refractivity contribution in [3.8, 4) is 0 Å². The van der Waals surface area contributed by atoms with Gasteiger partial charge < -0.3 is 10.6 Å². The average molecular weight is 346 g/mol. The summed E-state index contributed by atoms with van der Waals surface area (Å²) in [6, 6.07) is 10.7. The van der Waals surface area contributed by atoms with E-state index in [0.29, 0.717) is 22.4 Å². The Labute approximate surface area is 140 Å². The molecule has 0 saturated carbocycles. The van der Waals surface area contributed by atoms with Crippen LogP contribution in [0.2, 0.25) is 0 Å². The lowest BCUT2D eigenvalue weighted by Gasteiger charge is -2.12. The van der Waals surface area contributed by atoms with Crippen LogP contribution in [-0.4, -0.2) is 33.5 Å². The highest BCUT2D eigenvalue weighted by atomic mass is 32.2. The highest BCUT2D eigenvalue weighted by Crippen LogP contribution is 2.20. The van der Waals surface area contributed by atoms with E-state index in [0.717, 1.165) is 6.26 Å². The van der Waals surface area contributed by atoms with Crippen molar-refractivity contribution in [3.05, 3.63) is 59.2 Å². The van der Waals surface area contributed by atoms with Crippen LogP contribution in [0.3, 0.4) is 0 Å². The van der Waals surface area contributed by atoms with E-state index in [2.05, 4.69) is 10.6 Å². The summed E-state index contributed by atoms with van der Waals surface area (Å²) in [6.07, 6.45) is 1.11. The minimum Gasteiger partial charge on any atom is -0.355 e. The lowest BCUT2D eigenvalue weighted by atomic mass is 10.1. The quantitative estimate of drug-likeness (QED) is 0.886. The maximum absolute atomic E-state index is 12.3. The minimum atomic E-state index is -3.31. The summed E-state index contributed by atoms with van der Waals surface area (Å²) >= 11 is 0. The number of hydrogen-bond donors (Lipinski definition) is 2. The maximum Gasteiger partial charge on any atom is 0.255 e. The van der Waals surface area contributed by atoms with Crippen LogP contribution < -0.4 is 10.6 Å². The molecule has 126 valence electrons. The van der Waals surface area contributed by atoms with Crippen LogP contribution in [0.15, 0.2) is 47.4 Å². The second-order valence-corrected chi connectivity index (χ2v) is 7.32. The molecule has 6 nitrogen and oxygen atoms in total. The molecule has 2 rings (SSSR count). The number of hydrogen-bond acceptors (Lipinski definition) is 4. The third kappa shape index (κ3) is 3.80. The Morgan fingerprint density at radius 3 is 2.12 bits per heavy atom. The van der Waals surface area contributed by atoms with Gasteiger partial charge in [-0.15, -0.1) is 0 Å². The molecular formula is C17H18N2O4S. The number of rotatable bonds is 4. The molecule has 0 spiro atoms. The van der Waals surface area contributed by atoms with Crippen LogP contribution in [0.4, 0.5) is 5.69 Å². The predicted molar refractivity (Wildman–Crippen MR) is 92.1 cm³/mol. The Bertz CT molecular complexity index is 887. The van der Waals surface area contributed by atoms with Crippen LogP contribution in [0.1, 0.15) is 26.3 Å². The summed E-state index contributed by atoms with van der Waals surface area (Å²) in [5.74, 6) is -0.617. The smallest absolute Gasteiger partial charge is 0.255 e. The van der Waals surface area contributed by atoms with E-state index in [-0.39, 0.29) is 16.7 Å². The molecule has 2 N–H and O–H groups in total. The Morgan fingerprint density at radius 2 is 1.58 bits per heavy atom. The first-order valence-corrected chi connectivity index (χ1v) is 9.06. The van der Waals surface area contributed by atoms with E-state index in [1.165, 1.54) is 31.3 Å². The number of benzene rings is 2. The van der Waals surface area contributed by atoms with E-state index < -0.39 is 9.84 Å². The van der Waals surface area contributed by atoms with Crippen molar-refractivity contribution in [1.29, 1.82) is 0 Å². The van der Waals surface area contributed by atoms with Crippen molar-refractivity contribution in [2.24, 2.45) is 0 Å². The molecule has 0 aliphatic heterocycles. The van der Waals surface area contributed by atoms with Gasteiger partial charge in [-0.3, -0.25) is 9.59 Å². The molecule has 0 aliphatic rings. The molecule has 0 aliphatic carbocycles. The third-order valence-corrected chi connectivity index (χ3v) is 4.73. The van der Waals surface area contributed by atoms with Crippen LogP contribution >= 0.6 is 0 Å². The number of nitrogens with one attached hydrogen (secondary N) is 2. The molecule has 24 heavy (non-hydrogen) atoms. The Balaban J connectivity index is 2.26. The zero-order chi connectivity index (χ0) is 17.9. The maximum atomic E-state index is 12.3. The zero-order valence-electron chi connectivity index (χ0n) is 13.6.